The third kappa shape index (κ3) is 2.74. The quantitative estimate of drug-likeness (QED) is 0.750. The zero-order chi connectivity index (χ0) is 11.7. The fourth-order valence-electron chi connectivity index (χ4n) is 2.57. The summed E-state index contributed by atoms with van der Waals surface area (Å²) in [5.74, 6) is 0.310. The molecule has 4 nitrogen and oxygen atoms in total. The molecule has 2 fully saturated rings. The Hall–Kier alpha value is -0.610. The van der Waals surface area contributed by atoms with E-state index in [1.54, 1.807) is 6.92 Å². The lowest BCUT2D eigenvalue weighted by Gasteiger charge is -2.38. The van der Waals surface area contributed by atoms with Crippen LogP contribution in [-0.4, -0.2) is 46.3 Å². The van der Waals surface area contributed by atoms with Crippen molar-refractivity contribution in [1.29, 1.82) is 0 Å². The monoisotopic (exact) mass is 227 g/mol. The molecule has 0 spiro atoms. The predicted octanol–water partition coefficient (Wildman–Crippen LogP) is 0.942. The molecule has 3 atom stereocenters. The van der Waals surface area contributed by atoms with Gasteiger partial charge in [-0.1, -0.05) is 12.8 Å². The highest BCUT2D eigenvalue weighted by molar-refractivity contribution is 5.72. The number of nitrogens with zero attached hydrogens (tertiary/aromatic N) is 1. The Kier molecular flexibility index (Phi) is 3.50. The standard InChI is InChI=1S/C12H21NO3/c1-8(12(15)16)13-5-4-11(14)10(7-13)6-9-2-3-9/h8-11,14H,2-7H2,1H3,(H,15,16)/t8-,10+,11-/m1/s1. The van der Waals surface area contributed by atoms with Gasteiger partial charge in [0.1, 0.15) is 6.04 Å². The minimum atomic E-state index is -0.762. The van der Waals surface area contributed by atoms with Gasteiger partial charge in [-0.3, -0.25) is 9.69 Å². The van der Waals surface area contributed by atoms with Gasteiger partial charge in [0, 0.05) is 13.1 Å². The van der Waals surface area contributed by atoms with Gasteiger partial charge in [0.2, 0.25) is 0 Å². The van der Waals surface area contributed by atoms with Gasteiger partial charge in [-0.2, -0.15) is 0 Å². The molecule has 2 aliphatic rings. The van der Waals surface area contributed by atoms with Crippen LogP contribution in [0.4, 0.5) is 0 Å². The number of carboxylic acids is 1. The van der Waals surface area contributed by atoms with E-state index in [0.29, 0.717) is 6.54 Å². The molecule has 0 bridgehead atoms. The number of aliphatic hydroxyl groups is 1. The van der Waals surface area contributed by atoms with Crippen LogP contribution in [-0.2, 0) is 4.79 Å². The SMILES string of the molecule is C[C@H](C(=O)O)N1CC[C@@H](O)[C@@H](CC2CC2)C1. The van der Waals surface area contributed by atoms with Gasteiger partial charge in [-0.15, -0.1) is 0 Å². The van der Waals surface area contributed by atoms with Crippen LogP contribution >= 0.6 is 0 Å². The maximum atomic E-state index is 10.9. The molecule has 1 aliphatic heterocycles. The van der Waals surface area contributed by atoms with Crippen molar-refractivity contribution in [1.82, 2.24) is 4.90 Å². The van der Waals surface area contributed by atoms with Gasteiger partial charge >= 0.3 is 5.97 Å². The molecule has 1 aliphatic carbocycles. The summed E-state index contributed by atoms with van der Waals surface area (Å²) in [6, 6.07) is -0.422. The van der Waals surface area contributed by atoms with Gasteiger partial charge in [-0.25, -0.2) is 0 Å². The lowest BCUT2D eigenvalue weighted by atomic mass is 9.89. The summed E-state index contributed by atoms with van der Waals surface area (Å²) in [5, 5.41) is 18.9. The van der Waals surface area contributed by atoms with Crippen LogP contribution < -0.4 is 0 Å². The summed E-state index contributed by atoms with van der Waals surface area (Å²) < 4.78 is 0. The Morgan fingerprint density at radius 1 is 1.44 bits per heavy atom. The molecule has 16 heavy (non-hydrogen) atoms. The topological polar surface area (TPSA) is 60.8 Å². The summed E-state index contributed by atoms with van der Waals surface area (Å²) in [6.07, 6.45) is 4.15. The lowest BCUT2D eigenvalue weighted by molar-refractivity contribution is -0.144. The second kappa shape index (κ2) is 4.72. The lowest BCUT2D eigenvalue weighted by Crippen LogP contribution is -2.49. The number of aliphatic carboxylic acids is 1. The van der Waals surface area contributed by atoms with E-state index in [0.717, 1.165) is 25.3 Å². The summed E-state index contributed by atoms with van der Waals surface area (Å²) in [4.78, 5) is 12.9. The zero-order valence-corrected chi connectivity index (χ0v) is 9.80. The van der Waals surface area contributed by atoms with Gasteiger partial charge < -0.3 is 10.2 Å². The van der Waals surface area contributed by atoms with Crippen LogP contribution in [0.25, 0.3) is 0 Å². The molecule has 1 heterocycles. The number of hydrogen-bond acceptors (Lipinski definition) is 3. The fourth-order valence-corrected chi connectivity index (χ4v) is 2.57. The van der Waals surface area contributed by atoms with Gasteiger partial charge in [0.25, 0.3) is 0 Å². The van der Waals surface area contributed by atoms with Crippen LogP contribution in [0.1, 0.15) is 32.6 Å². The maximum absolute atomic E-state index is 10.9. The first kappa shape index (κ1) is 11.9. The van der Waals surface area contributed by atoms with Gasteiger partial charge in [0.15, 0.2) is 0 Å². The summed E-state index contributed by atoms with van der Waals surface area (Å²) in [6.45, 7) is 3.18. The van der Waals surface area contributed by atoms with E-state index in [1.807, 2.05) is 4.90 Å². The van der Waals surface area contributed by atoms with Gasteiger partial charge in [-0.05, 0) is 31.6 Å². The van der Waals surface area contributed by atoms with Crippen LogP contribution in [0.2, 0.25) is 0 Å². The Morgan fingerprint density at radius 2 is 2.12 bits per heavy atom. The van der Waals surface area contributed by atoms with E-state index in [1.165, 1.54) is 12.8 Å². The van der Waals surface area contributed by atoms with E-state index in [4.69, 9.17) is 5.11 Å². The first-order chi connectivity index (χ1) is 7.58. The van der Waals surface area contributed by atoms with E-state index >= 15 is 0 Å². The molecule has 1 saturated heterocycles. The second-order valence-corrected chi connectivity index (χ2v) is 5.30. The van der Waals surface area contributed by atoms with Crippen molar-refractivity contribution >= 4 is 5.97 Å². The highest BCUT2D eigenvalue weighted by Gasteiger charge is 2.35. The number of carboxylic acid groups (broad SMARTS) is 1. The molecule has 0 aromatic rings. The Bertz CT molecular complexity index is 265. The zero-order valence-electron chi connectivity index (χ0n) is 9.80. The third-order valence-electron chi connectivity index (χ3n) is 3.96. The summed E-state index contributed by atoms with van der Waals surface area (Å²) in [5.41, 5.74) is 0. The summed E-state index contributed by atoms with van der Waals surface area (Å²) in [7, 11) is 0. The molecule has 0 aromatic carbocycles. The molecular weight excluding hydrogens is 206 g/mol. The van der Waals surface area contributed by atoms with Crippen LogP contribution in [0.3, 0.4) is 0 Å². The Morgan fingerprint density at radius 3 is 2.69 bits per heavy atom. The molecule has 92 valence electrons. The largest absolute Gasteiger partial charge is 0.480 e. The first-order valence-electron chi connectivity index (χ1n) is 6.23. The fraction of sp³-hybridized carbons (Fsp3) is 0.917. The minimum Gasteiger partial charge on any atom is -0.480 e. The van der Waals surface area contributed by atoms with Crippen molar-refractivity contribution < 1.29 is 15.0 Å². The van der Waals surface area contributed by atoms with Crippen LogP contribution in [0.15, 0.2) is 0 Å². The highest BCUT2D eigenvalue weighted by atomic mass is 16.4. The van der Waals surface area contributed by atoms with E-state index < -0.39 is 12.0 Å². The highest BCUT2D eigenvalue weighted by Crippen LogP contribution is 2.38. The van der Waals surface area contributed by atoms with E-state index in [9.17, 15) is 9.90 Å². The molecule has 1 saturated carbocycles. The number of carbonyl (C=O) groups is 1. The second-order valence-electron chi connectivity index (χ2n) is 5.30. The number of aliphatic hydroxyl groups excluding tert-OH is 1. The van der Waals surface area contributed by atoms with Crippen LogP contribution in [0.5, 0.6) is 0 Å². The molecule has 0 radical (unpaired) electrons. The average molecular weight is 227 g/mol. The summed E-state index contributed by atoms with van der Waals surface area (Å²) >= 11 is 0. The Labute approximate surface area is 96.3 Å². The molecule has 0 aromatic heterocycles. The smallest absolute Gasteiger partial charge is 0.320 e. The third-order valence-corrected chi connectivity index (χ3v) is 3.96. The Balaban J connectivity index is 1.89. The molecule has 0 unspecified atom stereocenters. The van der Waals surface area contributed by atoms with E-state index in [-0.39, 0.29) is 12.0 Å². The van der Waals surface area contributed by atoms with Crippen molar-refractivity contribution in [2.45, 2.75) is 44.8 Å². The molecule has 2 N–H and O–H groups in total. The van der Waals surface area contributed by atoms with Crippen molar-refractivity contribution in [3.05, 3.63) is 0 Å². The number of likely N-dealkylation sites (tertiary alicyclic amines) is 1. The molecule has 4 heteroatoms. The maximum Gasteiger partial charge on any atom is 0.320 e. The number of rotatable bonds is 4. The van der Waals surface area contributed by atoms with Crippen molar-refractivity contribution in [3.63, 3.8) is 0 Å². The van der Waals surface area contributed by atoms with E-state index in [2.05, 4.69) is 0 Å². The predicted molar refractivity (Wildman–Crippen MR) is 60.1 cm³/mol. The minimum absolute atomic E-state index is 0.224. The van der Waals surface area contributed by atoms with Gasteiger partial charge in [0.05, 0.1) is 6.10 Å². The van der Waals surface area contributed by atoms with Crippen molar-refractivity contribution in [2.75, 3.05) is 13.1 Å². The number of piperidine rings is 1. The molecular formula is C12H21NO3. The number of hydrogen-bond donors (Lipinski definition) is 2. The normalized spacial score (nSPS) is 33.6. The van der Waals surface area contributed by atoms with Crippen molar-refractivity contribution in [3.8, 4) is 0 Å². The molecule has 0 amide bonds. The average Bonchev–Trinajstić information content (AvgIpc) is 3.04. The van der Waals surface area contributed by atoms with Crippen LogP contribution in [0, 0.1) is 11.8 Å². The van der Waals surface area contributed by atoms with Crippen molar-refractivity contribution in [2.24, 2.45) is 11.8 Å². The first-order valence-corrected chi connectivity index (χ1v) is 6.23. The molecule has 2 rings (SSSR count).